The molecule has 1 aliphatic heterocycles. The lowest BCUT2D eigenvalue weighted by molar-refractivity contribution is -0.137. The first-order valence-corrected chi connectivity index (χ1v) is 6.76. The van der Waals surface area contributed by atoms with E-state index < -0.39 is 5.97 Å². The Balaban J connectivity index is 1.89. The number of aliphatic carboxylic acids is 1. The van der Waals surface area contributed by atoms with Gasteiger partial charge in [0.15, 0.2) is 0 Å². The van der Waals surface area contributed by atoms with Gasteiger partial charge >= 0.3 is 12.0 Å². The summed E-state index contributed by atoms with van der Waals surface area (Å²) < 4.78 is 0. The molecule has 2 heterocycles. The van der Waals surface area contributed by atoms with Crippen LogP contribution in [0.4, 0.5) is 4.79 Å². The second-order valence-corrected chi connectivity index (χ2v) is 5.49. The van der Waals surface area contributed by atoms with Crippen molar-refractivity contribution in [1.82, 2.24) is 10.2 Å². The van der Waals surface area contributed by atoms with Gasteiger partial charge in [0, 0.05) is 24.0 Å². The van der Waals surface area contributed by atoms with E-state index in [0.29, 0.717) is 13.1 Å². The second-order valence-electron chi connectivity index (χ2n) is 4.49. The first-order valence-electron chi connectivity index (χ1n) is 5.88. The number of carbonyl (C=O) groups is 2. The molecule has 18 heavy (non-hydrogen) atoms. The van der Waals surface area contributed by atoms with Gasteiger partial charge in [-0.3, -0.25) is 4.79 Å². The molecule has 1 unspecified atom stereocenters. The molecule has 1 aliphatic rings. The average Bonchev–Trinajstić information content (AvgIpc) is 2.74. The Morgan fingerprint density at radius 2 is 2.39 bits per heavy atom. The number of carboxylic acids is 1. The van der Waals surface area contributed by atoms with Crippen molar-refractivity contribution in [2.45, 2.75) is 32.4 Å². The zero-order valence-electron chi connectivity index (χ0n) is 10.2. The number of hydrogen-bond donors (Lipinski definition) is 2. The van der Waals surface area contributed by atoms with Crippen LogP contribution >= 0.6 is 11.3 Å². The van der Waals surface area contributed by atoms with Crippen LogP contribution in [0.5, 0.6) is 0 Å². The largest absolute Gasteiger partial charge is 0.481 e. The highest BCUT2D eigenvalue weighted by Crippen LogP contribution is 2.23. The fraction of sp³-hybridized carbons (Fsp3) is 0.500. The van der Waals surface area contributed by atoms with Crippen LogP contribution in [0.1, 0.15) is 23.8 Å². The Hall–Kier alpha value is -1.56. The van der Waals surface area contributed by atoms with E-state index in [2.05, 4.69) is 5.32 Å². The van der Waals surface area contributed by atoms with E-state index in [1.807, 2.05) is 11.4 Å². The van der Waals surface area contributed by atoms with Crippen LogP contribution in [0.3, 0.4) is 0 Å². The van der Waals surface area contributed by atoms with Gasteiger partial charge < -0.3 is 15.3 Å². The molecule has 0 saturated heterocycles. The summed E-state index contributed by atoms with van der Waals surface area (Å²) in [5, 5.41) is 13.4. The molecular weight excluding hydrogens is 252 g/mol. The molecule has 1 atom stereocenters. The van der Waals surface area contributed by atoms with E-state index >= 15 is 0 Å². The molecule has 0 aromatic carbocycles. The van der Waals surface area contributed by atoms with Gasteiger partial charge in [-0.15, -0.1) is 11.3 Å². The molecule has 2 N–H and O–H groups in total. The van der Waals surface area contributed by atoms with Gasteiger partial charge in [0.05, 0.1) is 6.42 Å². The third-order valence-electron chi connectivity index (χ3n) is 2.95. The minimum absolute atomic E-state index is 0.0523. The molecule has 1 aromatic rings. The zero-order valence-corrected chi connectivity index (χ0v) is 11.0. The number of carboxylic acid groups (broad SMARTS) is 1. The zero-order chi connectivity index (χ0) is 13.1. The molecule has 6 heteroatoms. The van der Waals surface area contributed by atoms with Crippen molar-refractivity contribution < 1.29 is 14.7 Å². The maximum atomic E-state index is 11.9. The number of carbonyl (C=O) groups excluding carboxylic acids is 1. The van der Waals surface area contributed by atoms with Gasteiger partial charge in [-0.2, -0.15) is 0 Å². The van der Waals surface area contributed by atoms with Crippen molar-refractivity contribution in [2.24, 2.45) is 0 Å². The predicted molar refractivity (Wildman–Crippen MR) is 68.7 cm³/mol. The minimum Gasteiger partial charge on any atom is -0.481 e. The Labute approximate surface area is 109 Å². The van der Waals surface area contributed by atoms with Crippen LogP contribution in [0.25, 0.3) is 0 Å². The van der Waals surface area contributed by atoms with E-state index in [1.54, 1.807) is 23.2 Å². The Bertz CT molecular complexity index is 458. The molecule has 1 aromatic heterocycles. The van der Waals surface area contributed by atoms with Gasteiger partial charge in [0.1, 0.15) is 0 Å². The lowest BCUT2D eigenvalue weighted by Crippen LogP contribution is -2.46. The molecule has 0 radical (unpaired) electrons. The molecule has 0 saturated carbocycles. The first kappa shape index (κ1) is 12.9. The van der Waals surface area contributed by atoms with Crippen molar-refractivity contribution in [3.63, 3.8) is 0 Å². The summed E-state index contributed by atoms with van der Waals surface area (Å²) >= 11 is 1.73. The normalized spacial score (nSPS) is 15.9. The van der Waals surface area contributed by atoms with Gasteiger partial charge in [-0.05, 0) is 30.4 Å². The highest BCUT2D eigenvalue weighted by Gasteiger charge is 2.22. The molecule has 0 fully saturated rings. The third-order valence-corrected chi connectivity index (χ3v) is 3.97. The van der Waals surface area contributed by atoms with Crippen molar-refractivity contribution >= 4 is 23.3 Å². The average molecular weight is 268 g/mol. The third kappa shape index (κ3) is 3.01. The van der Waals surface area contributed by atoms with Gasteiger partial charge in [-0.25, -0.2) is 4.79 Å². The second kappa shape index (κ2) is 5.39. The number of amides is 2. The molecule has 98 valence electrons. The standard InChI is InChI=1S/C12H16N2O3S/c1-8(6-11(15)16)13-12(17)14-4-2-10-9(7-14)3-5-18-10/h3,5,8H,2,4,6-7H2,1H3,(H,13,17)(H,15,16). The van der Waals surface area contributed by atoms with E-state index in [-0.39, 0.29) is 18.5 Å². The minimum atomic E-state index is -0.901. The maximum absolute atomic E-state index is 11.9. The van der Waals surface area contributed by atoms with Crippen molar-refractivity contribution in [2.75, 3.05) is 6.54 Å². The highest BCUT2D eigenvalue weighted by molar-refractivity contribution is 7.10. The molecule has 0 spiro atoms. The number of hydrogen-bond acceptors (Lipinski definition) is 3. The summed E-state index contributed by atoms with van der Waals surface area (Å²) in [6.07, 6.45) is 0.830. The summed E-state index contributed by atoms with van der Waals surface area (Å²) in [4.78, 5) is 25.6. The number of nitrogens with one attached hydrogen (secondary N) is 1. The lowest BCUT2D eigenvalue weighted by Gasteiger charge is -2.28. The first-order chi connectivity index (χ1) is 8.56. The van der Waals surface area contributed by atoms with Crippen molar-refractivity contribution in [1.29, 1.82) is 0 Å². The Morgan fingerprint density at radius 1 is 1.61 bits per heavy atom. The SMILES string of the molecule is CC(CC(=O)O)NC(=O)N1CCc2sccc2C1. The molecular formula is C12H16N2O3S. The Kier molecular flexibility index (Phi) is 3.86. The van der Waals surface area contributed by atoms with Crippen molar-refractivity contribution in [3.8, 4) is 0 Å². The number of nitrogens with zero attached hydrogens (tertiary/aromatic N) is 1. The van der Waals surface area contributed by atoms with Crippen LogP contribution in [0, 0.1) is 0 Å². The number of thiophene rings is 1. The predicted octanol–water partition coefficient (Wildman–Crippen LogP) is 1.68. The number of urea groups is 1. The smallest absolute Gasteiger partial charge is 0.317 e. The van der Waals surface area contributed by atoms with Crippen molar-refractivity contribution in [3.05, 3.63) is 21.9 Å². The lowest BCUT2D eigenvalue weighted by atomic mass is 10.1. The van der Waals surface area contributed by atoms with Gasteiger partial charge in [0.25, 0.3) is 0 Å². The topological polar surface area (TPSA) is 69.6 Å². The Morgan fingerprint density at radius 3 is 3.11 bits per heavy atom. The van der Waals surface area contributed by atoms with Crippen LogP contribution in [0.2, 0.25) is 0 Å². The summed E-state index contributed by atoms with van der Waals surface area (Å²) in [7, 11) is 0. The fourth-order valence-corrected chi connectivity index (χ4v) is 2.93. The molecule has 5 nitrogen and oxygen atoms in total. The summed E-state index contributed by atoms with van der Waals surface area (Å²) in [5.41, 5.74) is 1.20. The molecule has 2 rings (SSSR count). The van der Waals surface area contributed by atoms with Crippen LogP contribution in [-0.2, 0) is 17.8 Å². The highest BCUT2D eigenvalue weighted by atomic mass is 32.1. The fourth-order valence-electron chi connectivity index (χ4n) is 2.04. The van der Waals surface area contributed by atoms with E-state index in [9.17, 15) is 9.59 Å². The summed E-state index contributed by atoms with van der Waals surface area (Å²) in [6, 6.07) is 1.51. The quantitative estimate of drug-likeness (QED) is 0.876. The van der Waals surface area contributed by atoms with E-state index in [1.165, 1.54) is 10.4 Å². The van der Waals surface area contributed by atoms with E-state index in [0.717, 1.165) is 6.42 Å². The summed E-state index contributed by atoms with van der Waals surface area (Å²) in [6.45, 7) is 3.01. The summed E-state index contributed by atoms with van der Waals surface area (Å²) in [5.74, 6) is -0.901. The van der Waals surface area contributed by atoms with Crippen LogP contribution < -0.4 is 5.32 Å². The monoisotopic (exact) mass is 268 g/mol. The van der Waals surface area contributed by atoms with Crippen LogP contribution in [-0.4, -0.2) is 34.6 Å². The molecule has 0 bridgehead atoms. The van der Waals surface area contributed by atoms with Gasteiger partial charge in [0.2, 0.25) is 0 Å². The number of fused-ring (bicyclic) bond motifs is 1. The van der Waals surface area contributed by atoms with E-state index in [4.69, 9.17) is 5.11 Å². The van der Waals surface area contributed by atoms with Gasteiger partial charge in [-0.1, -0.05) is 0 Å². The molecule has 2 amide bonds. The van der Waals surface area contributed by atoms with Crippen LogP contribution in [0.15, 0.2) is 11.4 Å². The number of rotatable bonds is 3. The maximum Gasteiger partial charge on any atom is 0.317 e. The molecule has 0 aliphatic carbocycles.